The van der Waals surface area contributed by atoms with Crippen LogP contribution in [0, 0.1) is 11.3 Å². The molecular weight excluding hydrogens is 304 g/mol. The second-order valence-electron chi connectivity index (χ2n) is 5.96. The molecule has 1 saturated heterocycles. The first-order valence-corrected chi connectivity index (χ1v) is 7.41. The summed E-state index contributed by atoms with van der Waals surface area (Å²) in [7, 11) is 3.20. The van der Waals surface area contributed by atoms with Gasteiger partial charge in [-0.2, -0.15) is 0 Å². The van der Waals surface area contributed by atoms with E-state index in [1.165, 1.54) is 0 Å². The molecule has 0 aromatic heterocycles. The van der Waals surface area contributed by atoms with E-state index in [1.54, 1.807) is 20.3 Å². The lowest BCUT2D eigenvalue weighted by Gasteiger charge is -2.23. The van der Waals surface area contributed by atoms with Gasteiger partial charge >= 0.3 is 0 Å². The minimum atomic E-state index is 0. The fraction of sp³-hybridized carbons (Fsp3) is 0.562. The van der Waals surface area contributed by atoms with Crippen molar-refractivity contribution in [1.82, 2.24) is 5.32 Å². The monoisotopic (exact) mass is 326 g/mol. The third kappa shape index (κ3) is 3.31. The summed E-state index contributed by atoms with van der Waals surface area (Å²) in [5.41, 5.74) is 0.977. The van der Waals surface area contributed by atoms with Crippen LogP contribution in [-0.2, 0) is 4.79 Å². The average molecular weight is 327 g/mol. The zero-order chi connectivity index (χ0) is 14.9. The molecule has 1 aliphatic carbocycles. The van der Waals surface area contributed by atoms with E-state index in [9.17, 15) is 4.79 Å². The summed E-state index contributed by atoms with van der Waals surface area (Å²) in [5, 5.41) is 6.36. The molecule has 1 unspecified atom stereocenters. The number of methoxy groups -OCH3 is 2. The Labute approximate surface area is 137 Å². The Hall–Kier alpha value is -1.46. The summed E-state index contributed by atoms with van der Waals surface area (Å²) < 4.78 is 10.5. The van der Waals surface area contributed by atoms with Gasteiger partial charge in [-0.3, -0.25) is 4.79 Å². The van der Waals surface area contributed by atoms with Crippen molar-refractivity contribution in [3.05, 3.63) is 18.2 Å². The quantitative estimate of drug-likeness (QED) is 0.892. The first kappa shape index (κ1) is 16.9. The van der Waals surface area contributed by atoms with Gasteiger partial charge in [0.15, 0.2) is 0 Å². The summed E-state index contributed by atoms with van der Waals surface area (Å²) in [6.07, 6.45) is 3.22. The topological polar surface area (TPSA) is 59.6 Å². The molecule has 2 fully saturated rings. The summed E-state index contributed by atoms with van der Waals surface area (Å²) in [6.45, 7) is 2.05. The van der Waals surface area contributed by atoms with Gasteiger partial charge in [0.25, 0.3) is 0 Å². The summed E-state index contributed by atoms with van der Waals surface area (Å²) in [4.78, 5) is 12.4. The van der Waals surface area contributed by atoms with Crippen LogP contribution in [-0.4, -0.2) is 33.2 Å². The Bertz CT molecular complexity index is 522. The van der Waals surface area contributed by atoms with Crippen molar-refractivity contribution in [3.8, 4) is 11.5 Å². The van der Waals surface area contributed by atoms with Gasteiger partial charge in [0, 0.05) is 29.8 Å². The van der Waals surface area contributed by atoms with Crippen LogP contribution in [0.1, 0.15) is 19.3 Å². The van der Waals surface area contributed by atoms with E-state index in [4.69, 9.17) is 9.47 Å². The van der Waals surface area contributed by atoms with Gasteiger partial charge in [-0.15, -0.1) is 12.4 Å². The molecule has 1 heterocycles. The standard InChI is InChI=1S/C16H22N2O3.ClH/c1-20-12-7-11(8-13(9-12)21-2)18-15(19)14-10-16(14)3-5-17-6-4-16;/h7-9,14,17H,3-6,10H2,1-2H3,(H,18,19);1H. The molecule has 1 aromatic rings. The Morgan fingerprint density at radius 3 is 2.32 bits per heavy atom. The summed E-state index contributed by atoms with van der Waals surface area (Å²) in [5.74, 6) is 1.62. The second-order valence-corrected chi connectivity index (χ2v) is 5.96. The average Bonchev–Trinajstić information content (AvgIpc) is 3.20. The third-order valence-corrected chi connectivity index (χ3v) is 4.72. The van der Waals surface area contributed by atoms with Crippen molar-refractivity contribution < 1.29 is 14.3 Å². The zero-order valence-corrected chi connectivity index (χ0v) is 13.8. The van der Waals surface area contributed by atoms with Gasteiger partial charge < -0.3 is 20.1 Å². The van der Waals surface area contributed by atoms with E-state index in [-0.39, 0.29) is 29.6 Å². The molecule has 0 bridgehead atoms. The molecule has 6 heteroatoms. The number of hydrogen-bond donors (Lipinski definition) is 2. The number of benzene rings is 1. The van der Waals surface area contributed by atoms with Crippen molar-refractivity contribution in [1.29, 1.82) is 0 Å². The van der Waals surface area contributed by atoms with Crippen LogP contribution in [0.2, 0.25) is 0 Å². The molecule has 3 rings (SSSR count). The van der Waals surface area contributed by atoms with Gasteiger partial charge in [-0.1, -0.05) is 0 Å². The minimum absolute atomic E-state index is 0. The molecular formula is C16H23ClN2O3. The highest BCUT2D eigenvalue weighted by atomic mass is 35.5. The van der Waals surface area contributed by atoms with Gasteiger partial charge in [0.1, 0.15) is 11.5 Å². The molecule has 1 amide bonds. The van der Waals surface area contributed by atoms with Crippen molar-refractivity contribution in [2.24, 2.45) is 11.3 Å². The Morgan fingerprint density at radius 1 is 1.18 bits per heavy atom. The SMILES string of the molecule is COc1cc(NC(=O)C2CC23CCNCC3)cc(OC)c1.Cl. The van der Waals surface area contributed by atoms with E-state index < -0.39 is 0 Å². The predicted molar refractivity (Wildman–Crippen MR) is 88.1 cm³/mol. The summed E-state index contributed by atoms with van der Waals surface area (Å²) in [6, 6.07) is 5.43. The maximum atomic E-state index is 12.4. The van der Waals surface area contributed by atoms with E-state index >= 15 is 0 Å². The maximum Gasteiger partial charge on any atom is 0.228 e. The molecule has 1 saturated carbocycles. The molecule has 1 atom stereocenters. The third-order valence-electron chi connectivity index (χ3n) is 4.72. The molecule has 2 N–H and O–H groups in total. The first-order valence-electron chi connectivity index (χ1n) is 7.41. The fourth-order valence-electron chi connectivity index (χ4n) is 3.30. The van der Waals surface area contributed by atoms with Gasteiger partial charge in [-0.05, 0) is 37.8 Å². The number of ether oxygens (including phenoxy) is 2. The Balaban J connectivity index is 0.00000176. The number of nitrogens with one attached hydrogen (secondary N) is 2. The smallest absolute Gasteiger partial charge is 0.228 e. The van der Waals surface area contributed by atoms with Crippen LogP contribution >= 0.6 is 12.4 Å². The molecule has 5 nitrogen and oxygen atoms in total. The lowest BCUT2D eigenvalue weighted by atomic mass is 9.92. The number of carbonyl (C=O) groups is 1. The molecule has 1 aromatic carbocycles. The van der Waals surface area contributed by atoms with E-state index in [0.29, 0.717) is 11.5 Å². The van der Waals surface area contributed by atoms with E-state index in [0.717, 1.165) is 38.0 Å². The van der Waals surface area contributed by atoms with Crippen molar-refractivity contribution >= 4 is 24.0 Å². The normalized spacial score (nSPS) is 21.6. The van der Waals surface area contributed by atoms with Crippen LogP contribution in [0.4, 0.5) is 5.69 Å². The van der Waals surface area contributed by atoms with Crippen LogP contribution in [0.15, 0.2) is 18.2 Å². The number of piperidine rings is 1. The molecule has 22 heavy (non-hydrogen) atoms. The van der Waals surface area contributed by atoms with Gasteiger partial charge in [0.05, 0.1) is 14.2 Å². The first-order chi connectivity index (χ1) is 10.2. The highest BCUT2D eigenvalue weighted by molar-refractivity contribution is 5.95. The van der Waals surface area contributed by atoms with E-state index in [2.05, 4.69) is 10.6 Å². The van der Waals surface area contributed by atoms with Crippen molar-refractivity contribution in [3.63, 3.8) is 0 Å². The molecule has 122 valence electrons. The predicted octanol–water partition coefficient (Wildman–Crippen LogP) is 2.45. The fourth-order valence-corrected chi connectivity index (χ4v) is 3.30. The van der Waals surface area contributed by atoms with Crippen molar-refractivity contribution in [2.75, 3.05) is 32.6 Å². The lowest BCUT2D eigenvalue weighted by molar-refractivity contribution is -0.118. The number of halogens is 1. The number of amides is 1. The molecule has 1 aliphatic heterocycles. The number of anilines is 1. The van der Waals surface area contributed by atoms with Gasteiger partial charge in [-0.25, -0.2) is 0 Å². The number of hydrogen-bond acceptors (Lipinski definition) is 4. The van der Waals surface area contributed by atoms with Crippen LogP contribution in [0.3, 0.4) is 0 Å². The zero-order valence-electron chi connectivity index (χ0n) is 13.0. The number of carbonyl (C=O) groups excluding carboxylic acids is 1. The van der Waals surface area contributed by atoms with Crippen LogP contribution < -0.4 is 20.1 Å². The van der Waals surface area contributed by atoms with Gasteiger partial charge in [0.2, 0.25) is 5.91 Å². The summed E-state index contributed by atoms with van der Waals surface area (Å²) >= 11 is 0. The number of rotatable bonds is 4. The lowest BCUT2D eigenvalue weighted by Crippen LogP contribution is -2.31. The van der Waals surface area contributed by atoms with Crippen LogP contribution in [0.5, 0.6) is 11.5 Å². The Kier molecular flexibility index (Phi) is 5.19. The largest absolute Gasteiger partial charge is 0.497 e. The van der Waals surface area contributed by atoms with Crippen molar-refractivity contribution in [2.45, 2.75) is 19.3 Å². The molecule has 0 radical (unpaired) electrons. The second kappa shape index (κ2) is 6.75. The molecule has 2 aliphatic rings. The molecule has 1 spiro atoms. The Morgan fingerprint density at radius 2 is 1.77 bits per heavy atom. The highest BCUT2D eigenvalue weighted by Gasteiger charge is 2.57. The van der Waals surface area contributed by atoms with Crippen LogP contribution in [0.25, 0.3) is 0 Å². The van der Waals surface area contributed by atoms with E-state index in [1.807, 2.05) is 12.1 Å². The minimum Gasteiger partial charge on any atom is -0.497 e. The maximum absolute atomic E-state index is 12.4. The highest BCUT2D eigenvalue weighted by Crippen LogP contribution is 2.58.